The van der Waals surface area contributed by atoms with E-state index in [1.54, 1.807) is 0 Å². The van der Waals surface area contributed by atoms with Gasteiger partial charge in [-0.25, -0.2) is 4.79 Å². The highest BCUT2D eigenvalue weighted by Gasteiger charge is 2.44. The van der Waals surface area contributed by atoms with E-state index in [0.717, 1.165) is 24.2 Å². The fourth-order valence-electron chi connectivity index (χ4n) is 3.51. The number of rotatable bonds is 2. The SMILES string of the molecule is O=C1Oc2ccccc2C2CC(Cc3ccccc3)NC12. The van der Waals surface area contributed by atoms with Crippen LogP contribution in [0.1, 0.15) is 23.5 Å². The molecule has 106 valence electrons. The molecule has 2 aromatic rings. The van der Waals surface area contributed by atoms with Gasteiger partial charge in [-0.1, -0.05) is 48.5 Å². The molecule has 3 heteroatoms. The summed E-state index contributed by atoms with van der Waals surface area (Å²) in [6.45, 7) is 0. The van der Waals surface area contributed by atoms with Crippen LogP contribution in [0.3, 0.4) is 0 Å². The molecule has 0 aliphatic carbocycles. The predicted molar refractivity (Wildman–Crippen MR) is 80.3 cm³/mol. The lowest BCUT2D eigenvalue weighted by molar-refractivity contribution is -0.137. The van der Waals surface area contributed by atoms with Crippen LogP contribution in [-0.2, 0) is 11.2 Å². The standard InChI is InChI=1S/C18H17NO2/c20-18-17-15(14-8-4-5-9-16(14)21-18)11-13(19-17)10-12-6-2-1-3-7-12/h1-9,13,15,17,19H,10-11H2. The fraction of sp³-hybridized carbons (Fsp3) is 0.278. The highest BCUT2D eigenvalue weighted by molar-refractivity contribution is 5.83. The molecule has 3 unspecified atom stereocenters. The summed E-state index contributed by atoms with van der Waals surface area (Å²) < 4.78 is 5.44. The van der Waals surface area contributed by atoms with Gasteiger partial charge in [0.15, 0.2) is 0 Å². The van der Waals surface area contributed by atoms with Crippen molar-refractivity contribution in [2.75, 3.05) is 0 Å². The smallest absolute Gasteiger partial charge is 0.329 e. The first kappa shape index (κ1) is 12.6. The van der Waals surface area contributed by atoms with E-state index in [9.17, 15) is 4.79 Å². The summed E-state index contributed by atoms with van der Waals surface area (Å²) in [5, 5.41) is 3.46. The normalized spacial score (nSPS) is 26.9. The highest BCUT2D eigenvalue weighted by Crippen LogP contribution is 2.40. The second-order valence-electron chi connectivity index (χ2n) is 5.83. The van der Waals surface area contributed by atoms with Crippen LogP contribution in [0.2, 0.25) is 0 Å². The van der Waals surface area contributed by atoms with Crippen LogP contribution in [0.5, 0.6) is 5.75 Å². The molecule has 2 aliphatic rings. The maximum atomic E-state index is 12.2. The van der Waals surface area contributed by atoms with Gasteiger partial charge >= 0.3 is 5.97 Å². The number of nitrogens with one attached hydrogen (secondary N) is 1. The van der Waals surface area contributed by atoms with Crippen LogP contribution in [0.4, 0.5) is 0 Å². The summed E-state index contributed by atoms with van der Waals surface area (Å²) >= 11 is 0. The maximum Gasteiger partial charge on any atom is 0.329 e. The molecular weight excluding hydrogens is 262 g/mol. The van der Waals surface area contributed by atoms with Crippen molar-refractivity contribution in [1.82, 2.24) is 5.32 Å². The molecule has 3 atom stereocenters. The van der Waals surface area contributed by atoms with Gasteiger partial charge in [-0.15, -0.1) is 0 Å². The minimum atomic E-state index is -0.200. The van der Waals surface area contributed by atoms with Crippen LogP contribution in [0, 0.1) is 0 Å². The van der Waals surface area contributed by atoms with Crippen molar-refractivity contribution in [3.05, 3.63) is 65.7 Å². The summed E-state index contributed by atoms with van der Waals surface area (Å²) in [6, 6.07) is 18.4. The fourth-order valence-corrected chi connectivity index (χ4v) is 3.51. The first-order chi connectivity index (χ1) is 10.3. The number of para-hydroxylation sites is 1. The molecule has 0 bridgehead atoms. The number of hydrogen-bond acceptors (Lipinski definition) is 3. The van der Waals surface area contributed by atoms with E-state index in [1.807, 2.05) is 24.3 Å². The van der Waals surface area contributed by atoms with Gasteiger partial charge in [0.1, 0.15) is 11.8 Å². The van der Waals surface area contributed by atoms with Gasteiger partial charge in [0.05, 0.1) is 0 Å². The van der Waals surface area contributed by atoms with Crippen molar-refractivity contribution >= 4 is 5.97 Å². The van der Waals surface area contributed by atoms with Gasteiger partial charge in [0.2, 0.25) is 0 Å². The summed E-state index contributed by atoms with van der Waals surface area (Å²) in [5.41, 5.74) is 2.46. The Hall–Kier alpha value is -2.13. The Morgan fingerprint density at radius 3 is 2.67 bits per heavy atom. The van der Waals surface area contributed by atoms with E-state index in [2.05, 4.69) is 35.6 Å². The number of benzene rings is 2. The molecule has 3 nitrogen and oxygen atoms in total. The average Bonchev–Trinajstić information content (AvgIpc) is 2.93. The molecule has 2 aromatic carbocycles. The Morgan fingerprint density at radius 1 is 1.05 bits per heavy atom. The van der Waals surface area contributed by atoms with E-state index in [1.165, 1.54) is 5.56 Å². The number of hydrogen-bond donors (Lipinski definition) is 1. The lowest BCUT2D eigenvalue weighted by Gasteiger charge is -2.26. The second-order valence-corrected chi connectivity index (χ2v) is 5.83. The Morgan fingerprint density at radius 2 is 1.81 bits per heavy atom. The third kappa shape index (κ3) is 2.24. The lowest BCUT2D eigenvalue weighted by Crippen LogP contribution is -2.43. The van der Waals surface area contributed by atoms with Gasteiger partial charge in [-0.2, -0.15) is 0 Å². The molecule has 1 N–H and O–H groups in total. The molecule has 21 heavy (non-hydrogen) atoms. The Balaban J connectivity index is 1.58. The number of carbonyl (C=O) groups excluding carboxylic acids is 1. The van der Waals surface area contributed by atoms with Gasteiger partial charge in [-0.3, -0.25) is 0 Å². The highest BCUT2D eigenvalue weighted by atomic mass is 16.5. The lowest BCUT2D eigenvalue weighted by atomic mass is 9.87. The van der Waals surface area contributed by atoms with E-state index < -0.39 is 0 Å². The van der Waals surface area contributed by atoms with Gasteiger partial charge in [0.25, 0.3) is 0 Å². The van der Waals surface area contributed by atoms with Crippen LogP contribution < -0.4 is 10.1 Å². The van der Waals surface area contributed by atoms with E-state index in [4.69, 9.17) is 4.74 Å². The Kier molecular flexibility index (Phi) is 3.00. The van der Waals surface area contributed by atoms with Crippen molar-refractivity contribution < 1.29 is 9.53 Å². The van der Waals surface area contributed by atoms with Crippen LogP contribution in [-0.4, -0.2) is 18.1 Å². The summed E-state index contributed by atoms with van der Waals surface area (Å²) in [6.07, 6.45) is 1.93. The van der Waals surface area contributed by atoms with Gasteiger partial charge in [-0.05, 0) is 24.5 Å². The summed E-state index contributed by atoms with van der Waals surface area (Å²) in [7, 11) is 0. The average molecular weight is 279 g/mol. The monoisotopic (exact) mass is 279 g/mol. The second kappa shape index (κ2) is 5.01. The third-order valence-corrected chi connectivity index (χ3v) is 4.46. The zero-order valence-corrected chi connectivity index (χ0v) is 11.7. The number of carbonyl (C=O) groups is 1. The molecule has 0 amide bonds. The molecule has 0 saturated carbocycles. The van der Waals surface area contributed by atoms with E-state index in [-0.39, 0.29) is 17.9 Å². The van der Waals surface area contributed by atoms with Gasteiger partial charge < -0.3 is 10.1 Å². The van der Waals surface area contributed by atoms with E-state index in [0.29, 0.717) is 6.04 Å². The molecule has 1 saturated heterocycles. The van der Waals surface area contributed by atoms with Crippen LogP contribution >= 0.6 is 0 Å². The zero-order valence-electron chi connectivity index (χ0n) is 11.7. The number of ether oxygens (including phenoxy) is 1. The number of fused-ring (bicyclic) bond motifs is 3. The van der Waals surface area contributed by atoms with Crippen molar-refractivity contribution in [2.45, 2.75) is 30.8 Å². The topological polar surface area (TPSA) is 38.3 Å². The van der Waals surface area contributed by atoms with Gasteiger partial charge in [0, 0.05) is 17.5 Å². The molecule has 1 fully saturated rings. The minimum absolute atomic E-state index is 0.144. The molecule has 0 spiro atoms. The molecule has 0 radical (unpaired) electrons. The van der Waals surface area contributed by atoms with Crippen molar-refractivity contribution in [3.63, 3.8) is 0 Å². The number of esters is 1. The molecular formula is C18H17NO2. The summed E-state index contributed by atoms with van der Waals surface area (Å²) in [5.74, 6) is 0.816. The molecule has 0 aromatic heterocycles. The third-order valence-electron chi connectivity index (χ3n) is 4.46. The van der Waals surface area contributed by atoms with E-state index >= 15 is 0 Å². The van der Waals surface area contributed by atoms with Crippen LogP contribution in [0.25, 0.3) is 0 Å². The Bertz CT molecular complexity index is 668. The molecule has 2 heterocycles. The maximum absolute atomic E-state index is 12.2. The molecule has 2 aliphatic heterocycles. The predicted octanol–water partition coefficient (Wildman–Crippen LogP) is 2.66. The zero-order chi connectivity index (χ0) is 14.2. The Labute approximate surface area is 123 Å². The molecule has 4 rings (SSSR count). The minimum Gasteiger partial charge on any atom is -0.425 e. The van der Waals surface area contributed by atoms with Crippen LogP contribution in [0.15, 0.2) is 54.6 Å². The van der Waals surface area contributed by atoms with Crippen molar-refractivity contribution in [3.8, 4) is 5.75 Å². The first-order valence-corrected chi connectivity index (χ1v) is 7.42. The largest absolute Gasteiger partial charge is 0.425 e. The first-order valence-electron chi connectivity index (χ1n) is 7.42. The van der Waals surface area contributed by atoms with Crippen molar-refractivity contribution in [2.24, 2.45) is 0 Å². The quantitative estimate of drug-likeness (QED) is 0.678. The summed E-state index contributed by atoms with van der Waals surface area (Å²) in [4.78, 5) is 12.2. The van der Waals surface area contributed by atoms with Crippen molar-refractivity contribution in [1.29, 1.82) is 0 Å².